The summed E-state index contributed by atoms with van der Waals surface area (Å²) in [5.74, 6) is 0.919. The van der Waals surface area contributed by atoms with E-state index in [0.29, 0.717) is 30.1 Å². The van der Waals surface area contributed by atoms with Crippen LogP contribution in [0.1, 0.15) is 31.9 Å². The van der Waals surface area contributed by atoms with E-state index in [9.17, 15) is 4.39 Å². The molecular formula is C18H30FIN4O. The fourth-order valence-corrected chi connectivity index (χ4v) is 3.03. The van der Waals surface area contributed by atoms with Gasteiger partial charge in [-0.05, 0) is 37.5 Å². The maximum absolute atomic E-state index is 13.4. The van der Waals surface area contributed by atoms with Gasteiger partial charge in [-0.3, -0.25) is 9.89 Å². The number of hydrogen-bond acceptors (Lipinski definition) is 3. The van der Waals surface area contributed by atoms with E-state index in [4.69, 9.17) is 5.11 Å². The first-order valence-electron chi connectivity index (χ1n) is 8.54. The summed E-state index contributed by atoms with van der Waals surface area (Å²) < 4.78 is 13.4. The number of aliphatic hydroxyl groups is 1. The van der Waals surface area contributed by atoms with Crippen molar-refractivity contribution in [2.45, 2.75) is 46.0 Å². The van der Waals surface area contributed by atoms with E-state index in [0.717, 1.165) is 24.6 Å². The molecule has 1 aromatic carbocycles. The molecule has 2 rings (SSSR count). The van der Waals surface area contributed by atoms with Crippen molar-refractivity contribution in [3.05, 3.63) is 35.1 Å². The van der Waals surface area contributed by atoms with Crippen molar-refractivity contribution in [3.8, 4) is 0 Å². The lowest BCUT2D eigenvalue weighted by atomic mass is 10.1. The minimum atomic E-state index is -0.377. The zero-order valence-corrected chi connectivity index (χ0v) is 17.8. The number of likely N-dealkylation sites (tertiary alicyclic amines) is 1. The first-order chi connectivity index (χ1) is 11.4. The summed E-state index contributed by atoms with van der Waals surface area (Å²) in [5, 5.41) is 15.9. The summed E-state index contributed by atoms with van der Waals surface area (Å²) in [4.78, 5) is 6.74. The molecule has 5 nitrogen and oxygen atoms in total. The van der Waals surface area contributed by atoms with Crippen molar-refractivity contribution in [2.75, 3.05) is 20.1 Å². The molecule has 1 heterocycles. The lowest BCUT2D eigenvalue weighted by Crippen LogP contribution is -2.46. The van der Waals surface area contributed by atoms with Crippen molar-refractivity contribution in [1.29, 1.82) is 0 Å². The normalized spacial score (nSPS) is 21.3. The van der Waals surface area contributed by atoms with Gasteiger partial charge in [0.1, 0.15) is 5.82 Å². The van der Waals surface area contributed by atoms with Crippen molar-refractivity contribution in [2.24, 2.45) is 10.9 Å². The smallest absolute Gasteiger partial charge is 0.191 e. The molecule has 1 saturated heterocycles. The molecule has 7 heteroatoms. The van der Waals surface area contributed by atoms with Crippen molar-refractivity contribution in [1.82, 2.24) is 15.5 Å². The van der Waals surface area contributed by atoms with E-state index in [1.165, 1.54) is 6.07 Å². The Bertz CT molecular complexity index is 582. The fourth-order valence-electron chi connectivity index (χ4n) is 3.03. The van der Waals surface area contributed by atoms with E-state index in [2.05, 4.69) is 41.3 Å². The van der Waals surface area contributed by atoms with Gasteiger partial charge in [0.25, 0.3) is 0 Å². The van der Waals surface area contributed by atoms with Crippen LogP contribution in [0.5, 0.6) is 0 Å². The summed E-state index contributed by atoms with van der Waals surface area (Å²) in [7, 11) is 1.75. The van der Waals surface area contributed by atoms with Crippen LogP contribution < -0.4 is 10.6 Å². The number of nitrogens with one attached hydrogen (secondary N) is 2. The summed E-state index contributed by atoms with van der Waals surface area (Å²) in [6.07, 6.45) is 0. The second-order valence-corrected chi connectivity index (χ2v) is 6.79. The van der Waals surface area contributed by atoms with Gasteiger partial charge in [0.2, 0.25) is 0 Å². The zero-order chi connectivity index (χ0) is 17.7. The maximum atomic E-state index is 13.4. The van der Waals surface area contributed by atoms with E-state index < -0.39 is 0 Å². The van der Waals surface area contributed by atoms with E-state index in [1.807, 2.05) is 0 Å². The Morgan fingerprint density at radius 3 is 2.68 bits per heavy atom. The Morgan fingerprint density at radius 2 is 2.12 bits per heavy atom. The zero-order valence-electron chi connectivity index (χ0n) is 15.4. The van der Waals surface area contributed by atoms with Gasteiger partial charge in [-0.15, -0.1) is 24.0 Å². The van der Waals surface area contributed by atoms with Crippen molar-refractivity contribution >= 4 is 29.9 Å². The van der Waals surface area contributed by atoms with Gasteiger partial charge in [-0.25, -0.2) is 4.39 Å². The third-order valence-electron chi connectivity index (χ3n) is 4.66. The van der Waals surface area contributed by atoms with E-state index >= 15 is 0 Å². The van der Waals surface area contributed by atoms with Crippen LogP contribution in [0.3, 0.4) is 0 Å². The lowest BCUT2D eigenvalue weighted by Gasteiger charge is -2.22. The molecule has 0 aromatic heterocycles. The number of nitrogens with zero attached hydrogens (tertiary/aromatic N) is 2. The van der Waals surface area contributed by atoms with E-state index in [-0.39, 0.29) is 36.4 Å². The highest BCUT2D eigenvalue weighted by Crippen LogP contribution is 2.18. The molecule has 25 heavy (non-hydrogen) atoms. The molecule has 1 aliphatic heterocycles. The summed E-state index contributed by atoms with van der Waals surface area (Å²) in [5.41, 5.74) is 1.22. The molecule has 0 spiro atoms. The number of benzene rings is 1. The number of rotatable bonds is 5. The molecule has 0 amide bonds. The van der Waals surface area contributed by atoms with Gasteiger partial charge in [0, 0.05) is 44.3 Å². The third kappa shape index (κ3) is 6.07. The molecule has 1 fully saturated rings. The largest absolute Gasteiger partial charge is 0.392 e. The SMILES string of the molecule is CN=C(NCc1ccc(F)c(CO)c1)NC1CN(C(C)C)CC1C.I. The van der Waals surface area contributed by atoms with Crippen LogP contribution in [0.15, 0.2) is 23.2 Å². The Balaban J connectivity index is 0.00000312. The molecule has 0 aliphatic carbocycles. The Hall–Kier alpha value is -0.930. The number of aliphatic imine (C=N–C) groups is 1. The van der Waals surface area contributed by atoms with Crippen LogP contribution in [0.25, 0.3) is 0 Å². The maximum Gasteiger partial charge on any atom is 0.191 e. The van der Waals surface area contributed by atoms with Gasteiger partial charge >= 0.3 is 0 Å². The highest BCUT2D eigenvalue weighted by Gasteiger charge is 2.31. The highest BCUT2D eigenvalue weighted by molar-refractivity contribution is 14.0. The second-order valence-electron chi connectivity index (χ2n) is 6.79. The van der Waals surface area contributed by atoms with Gasteiger partial charge in [-0.2, -0.15) is 0 Å². The average molecular weight is 464 g/mol. The Labute approximate surface area is 167 Å². The molecule has 1 aliphatic rings. The topological polar surface area (TPSA) is 59.9 Å². The number of halogens is 2. The van der Waals surface area contributed by atoms with Crippen LogP contribution in [0.2, 0.25) is 0 Å². The van der Waals surface area contributed by atoms with Gasteiger partial charge in [0.05, 0.1) is 6.61 Å². The molecule has 0 radical (unpaired) electrons. The molecule has 0 bridgehead atoms. The number of guanidine groups is 1. The summed E-state index contributed by atoms with van der Waals surface area (Å²) in [6, 6.07) is 5.69. The summed E-state index contributed by atoms with van der Waals surface area (Å²) >= 11 is 0. The monoisotopic (exact) mass is 464 g/mol. The highest BCUT2D eigenvalue weighted by atomic mass is 127. The molecule has 3 N–H and O–H groups in total. The molecule has 1 aromatic rings. The Morgan fingerprint density at radius 1 is 1.40 bits per heavy atom. The van der Waals surface area contributed by atoms with Crippen molar-refractivity contribution in [3.63, 3.8) is 0 Å². The molecule has 0 saturated carbocycles. The summed E-state index contributed by atoms with van der Waals surface area (Å²) in [6.45, 7) is 9.01. The molecule has 2 atom stereocenters. The van der Waals surface area contributed by atoms with Crippen LogP contribution in [-0.4, -0.2) is 48.2 Å². The minimum Gasteiger partial charge on any atom is -0.392 e. The van der Waals surface area contributed by atoms with Gasteiger partial charge < -0.3 is 15.7 Å². The van der Waals surface area contributed by atoms with Crippen LogP contribution in [0.4, 0.5) is 4.39 Å². The van der Waals surface area contributed by atoms with E-state index in [1.54, 1.807) is 19.2 Å². The minimum absolute atomic E-state index is 0. The Kier molecular flexibility index (Phi) is 9.09. The number of hydrogen-bond donors (Lipinski definition) is 3. The molecular weight excluding hydrogens is 434 g/mol. The van der Waals surface area contributed by atoms with Crippen LogP contribution in [0, 0.1) is 11.7 Å². The third-order valence-corrected chi connectivity index (χ3v) is 4.66. The number of aliphatic hydroxyl groups excluding tert-OH is 1. The van der Waals surface area contributed by atoms with Crippen LogP contribution in [-0.2, 0) is 13.2 Å². The standard InChI is InChI=1S/C18H29FN4O.HI/c1-12(2)23-9-13(3)17(10-23)22-18(20-4)21-8-14-5-6-16(19)15(7-14)11-24;/h5-7,12-13,17,24H,8-11H2,1-4H3,(H2,20,21,22);1H. The predicted octanol–water partition coefficient (Wildman–Crippen LogP) is 2.33. The average Bonchev–Trinajstić information content (AvgIpc) is 2.93. The quantitative estimate of drug-likeness (QED) is 0.356. The fraction of sp³-hybridized carbons (Fsp3) is 0.611. The van der Waals surface area contributed by atoms with Crippen LogP contribution >= 0.6 is 24.0 Å². The first kappa shape index (κ1) is 22.1. The van der Waals surface area contributed by atoms with Crippen molar-refractivity contribution < 1.29 is 9.50 Å². The lowest BCUT2D eigenvalue weighted by molar-refractivity contribution is 0.265. The van der Waals surface area contributed by atoms with Gasteiger partial charge in [-0.1, -0.05) is 13.0 Å². The van der Waals surface area contributed by atoms with Gasteiger partial charge in [0.15, 0.2) is 5.96 Å². The molecule has 142 valence electrons. The first-order valence-corrected chi connectivity index (χ1v) is 8.54. The predicted molar refractivity (Wildman–Crippen MR) is 111 cm³/mol. The molecule has 2 unspecified atom stereocenters. The second kappa shape index (κ2) is 10.3.